The third kappa shape index (κ3) is 3.43. The Morgan fingerprint density at radius 3 is 2.79 bits per heavy atom. The molecule has 82 valence electrons. The molecule has 1 saturated heterocycles. The molecule has 0 aromatic carbocycles. The van der Waals surface area contributed by atoms with Gasteiger partial charge in [0.2, 0.25) is 0 Å². The Kier molecular flexibility index (Phi) is 4.63. The molecule has 1 aliphatic heterocycles. The summed E-state index contributed by atoms with van der Waals surface area (Å²) in [5.74, 6) is 0. The van der Waals surface area contributed by atoms with E-state index in [4.69, 9.17) is 4.74 Å². The van der Waals surface area contributed by atoms with Crippen LogP contribution in [0.3, 0.4) is 0 Å². The summed E-state index contributed by atoms with van der Waals surface area (Å²) in [6, 6.07) is 0.472. The molecule has 3 unspecified atom stereocenters. The van der Waals surface area contributed by atoms with E-state index >= 15 is 0 Å². The zero-order valence-electron chi connectivity index (χ0n) is 9.84. The molecular formula is C12H23NO. The van der Waals surface area contributed by atoms with Crippen molar-refractivity contribution in [2.24, 2.45) is 0 Å². The van der Waals surface area contributed by atoms with Crippen molar-refractivity contribution in [3.05, 3.63) is 11.6 Å². The van der Waals surface area contributed by atoms with Crippen molar-refractivity contribution in [1.29, 1.82) is 0 Å². The minimum absolute atomic E-state index is 0.353. The maximum Gasteiger partial charge on any atom is 0.0763 e. The molecule has 0 saturated carbocycles. The van der Waals surface area contributed by atoms with Crippen molar-refractivity contribution >= 4 is 0 Å². The molecule has 14 heavy (non-hydrogen) atoms. The van der Waals surface area contributed by atoms with Crippen LogP contribution in [-0.2, 0) is 4.74 Å². The van der Waals surface area contributed by atoms with Crippen LogP contribution in [0.1, 0.15) is 40.5 Å². The summed E-state index contributed by atoms with van der Waals surface area (Å²) in [6.07, 6.45) is 5.45. The average Bonchev–Trinajstić information content (AvgIpc) is 2.51. The summed E-state index contributed by atoms with van der Waals surface area (Å²) in [5.41, 5.74) is 1.39. The van der Waals surface area contributed by atoms with Crippen LogP contribution in [0, 0.1) is 0 Å². The minimum atomic E-state index is 0.353. The van der Waals surface area contributed by atoms with Gasteiger partial charge in [0, 0.05) is 6.04 Å². The van der Waals surface area contributed by atoms with Gasteiger partial charge < -0.3 is 10.1 Å². The fourth-order valence-electron chi connectivity index (χ4n) is 1.86. The van der Waals surface area contributed by atoms with E-state index in [1.165, 1.54) is 18.4 Å². The zero-order chi connectivity index (χ0) is 10.6. The molecule has 0 aromatic rings. The monoisotopic (exact) mass is 197 g/mol. The summed E-state index contributed by atoms with van der Waals surface area (Å²) in [5, 5.41) is 3.41. The molecule has 0 bridgehead atoms. The van der Waals surface area contributed by atoms with Gasteiger partial charge >= 0.3 is 0 Å². The molecule has 2 heteroatoms. The number of nitrogens with one attached hydrogen (secondary N) is 1. The Hall–Kier alpha value is -0.340. The first-order valence-electron chi connectivity index (χ1n) is 5.70. The molecule has 0 aliphatic carbocycles. The van der Waals surface area contributed by atoms with Crippen molar-refractivity contribution in [3.8, 4) is 0 Å². The number of ether oxygens (including phenoxy) is 1. The highest BCUT2D eigenvalue weighted by Crippen LogP contribution is 2.21. The Morgan fingerprint density at radius 2 is 2.29 bits per heavy atom. The lowest BCUT2D eigenvalue weighted by molar-refractivity contribution is 0.0827. The molecule has 1 aliphatic rings. The third-order valence-corrected chi connectivity index (χ3v) is 2.91. The topological polar surface area (TPSA) is 21.3 Å². The summed E-state index contributed by atoms with van der Waals surface area (Å²) in [6.45, 7) is 9.69. The van der Waals surface area contributed by atoms with Crippen LogP contribution < -0.4 is 5.32 Å². The maximum atomic E-state index is 5.76. The predicted octanol–water partition coefficient (Wildman–Crippen LogP) is 2.50. The molecule has 0 aromatic heterocycles. The number of rotatable bonds is 4. The SMILES string of the molecule is CCNC(C)C(C)=CC1CCC(C)O1. The second-order valence-electron chi connectivity index (χ2n) is 4.25. The number of likely N-dealkylation sites (N-methyl/N-ethyl adjacent to an activating group) is 1. The second kappa shape index (κ2) is 5.52. The van der Waals surface area contributed by atoms with E-state index < -0.39 is 0 Å². The van der Waals surface area contributed by atoms with Crippen molar-refractivity contribution in [2.45, 2.75) is 58.8 Å². The van der Waals surface area contributed by atoms with Gasteiger partial charge in [0.25, 0.3) is 0 Å². The molecule has 1 fully saturated rings. The lowest BCUT2D eigenvalue weighted by Gasteiger charge is -2.15. The van der Waals surface area contributed by atoms with Crippen LogP contribution in [0.2, 0.25) is 0 Å². The minimum Gasteiger partial charge on any atom is -0.371 e. The first-order chi connectivity index (χ1) is 6.63. The number of hydrogen-bond donors (Lipinski definition) is 1. The average molecular weight is 197 g/mol. The van der Waals surface area contributed by atoms with Gasteiger partial charge in [0.15, 0.2) is 0 Å². The van der Waals surface area contributed by atoms with Gasteiger partial charge in [-0.05, 0) is 40.2 Å². The normalized spacial score (nSPS) is 30.7. The first-order valence-corrected chi connectivity index (χ1v) is 5.70. The van der Waals surface area contributed by atoms with Gasteiger partial charge in [-0.3, -0.25) is 0 Å². The summed E-state index contributed by atoms with van der Waals surface area (Å²) in [4.78, 5) is 0. The van der Waals surface area contributed by atoms with Gasteiger partial charge in [-0.25, -0.2) is 0 Å². The van der Waals surface area contributed by atoms with Gasteiger partial charge in [-0.15, -0.1) is 0 Å². The highest BCUT2D eigenvalue weighted by Gasteiger charge is 2.20. The van der Waals surface area contributed by atoms with Crippen LogP contribution in [0.25, 0.3) is 0 Å². The first kappa shape index (κ1) is 11.7. The summed E-state index contributed by atoms with van der Waals surface area (Å²) in [7, 11) is 0. The Labute approximate surface area is 87.7 Å². The highest BCUT2D eigenvalue weighted by molar-refractivity contribution is 5.09. The molecule has 1 heterocycles. The molecule has 1 rings (SSSR count). The molecule has 3 atom stereocenters. The fraction of sp³-hybridized carbons (Fsp3) is 0.833. The lowest BCUT2D eigenvalue weighted by atomic mass is 10.1. The third-order valence-electron chi connectivity index (χ3n) is 2.91. The molecule has 2 nitrogen and oxygen atoms in total. The van der Waals surface area contributed by atoms with Crippen LogP contribution in [0.15, 0.2) is 11.6 Å². The smallest absolute Gasteiger partial charge is 0.0763 e. The quantitative estimate of drug-likeness (QED) is 0.699. The van der Waals surface area contributed by atoms with Crippen molar-refractivity contribution in [1.82, 2.24) is 5.32 Å². The Bertz CT molecular complexity index is 200. The second-order valence-corrected chi connectivity index (χ2v) is 4.25. The van der Waals surface area contributed by atoms with E-state index in [0.29, 0.717) is 18.2 Å². The van der Waals surface area contributed by atoms with E-state index in [2.05, 4.69) is 39.1 Å². The van der Waals surface area contributed by atoms with Gasteiger partial charge in [-0.1, -0.05) is 18.6 Å². The fourth-order valence-corrected chi connectivity index (χ4v) is 1.86. The Balaban J connectivity index is 2.42. The van der Waals surface area contributed by atoms with Crippen LogP contribution in [0.5, 0.6) is 0 Å². The lowest BCUT2D eigenvalue weighted by Crippen LogP contribution is -2.27. The maximum absolute atomic E-state index is 5.76. The van der Waals surface area contributed by atoms with Crippen molar-refractivity contribution in [2.75, 3.05) is 6.54 Å². The van der Waals surface area contributed by atoms with Gasteiger partial charge in [0.05, 0.1) is 12.2 Å². The zero-order valence-corrected chi connectivity index (χ0v) is 9.84. The molecule has 0 radical (unpaired) electrons. The molecule has 0 amide bonds. The molecule has 0 spiro atoms. The predicted molar refractivity (Wildman–Crippen MR) is 60.5 cm³/mol. The van der Waals surface area contributed by atoms with E-state index in [1.807, 2.05) is 0 Å². The van der Waals surface area contributed by atoms with E-state index in [9.17, 15) is 0 Å². The largest absolute Gasteiger partial charge is 0.371 e. The van der Waals surface area contributed by atoms with Crippen LogP contribution in [0.4, 0.5) is 0 Å². The van der Waals surface area contributed by atoms with E-state index in [1.54, 1.807) is 0 Å². The molecule has 1 N–H and O–H groups in total. The van der Waals surface area contributed by atoms with Crippen molar-refractivity contribution in [3.63, 3.8) is 0 Å². The summed E-state index contributed by atoms with van der Waals surface area (Å²) < 4.78 is 5.76. The van der Waals surface area contributed by atoms with Gasteiger partial charge in [-0.2, -0.15) is 0 Å². The van der Waals surface area contributed by atoms with E-state index in [0.717, 1.165) is 6.54 Å². The van der Waals surface area contributed by atoms with Gasteiger partial charge in [0.1, 0.15) is 0 Å². The van der Waals surface area contributed by atoms with E-state index in [-0.39, 0.29) is 0 Å². The standard InChI is InChI=1S/C12H23NO/c1-5-13-11(4)9(2)8-12-7-6-10(3)14-12/h8,10-13H,5-7H2,1-4H3. The van der Waals surface area contributed by atoms with Crippen molar-refractivity contribution < 1.29 is 4.74 Å². The van der Waals surface area contributed by atoms with Crippen LogP contribution >= 0.6 is 0 Å². The van der Waals surface area contributed by atoms with Crippen LogP contribution in [-0.4, -0.2) is 24.8 Å². The Morgan fingerprint density at radius 1 is 1.57 bits per heavy atom. The molecular weight excluding hydrogens is 174 g/mol. The highest BCUT2D eigenvalue weighted by atomic mass is 16.5. The number of hydrogen-bond acceptors (Lipinski definition) is 2. The summed E-state index contributed by atoms with van der Waals surface area (Å²) >= 11 is 0.